The zero-order valence-electron chi connectivity index (χ0n) is 18.8. The lowest BCUT2D eigenvalue weighted by Gasteiger charge is -2.08. The second-order valence-corrected chi connectivity index (χ2v) is 11.8. The van der Waals surface area contributed by atoms with Gasteiger partial charge in [0.2, 0.25) is 0 Å². The minimum atomic E-state index is -3.33. The Morgan fingerprint density at radius 1 is 0.939 bits per heavy atom. The van der Waals surface area contributed by atoms with E-state index in [0.29, 0.717) is 23.3 Å². The Bertz CT molecular complexity index is 1340. The number of rotatable bonds is 8. The molecule has 1 aromatic carbocycles. The third-order valence-electron chi connectivity index (χ3n) is 4.93. The van der Waals surface area contributed by atoms with E-state index < -0.39 is 15.1 Å². The van der Waals surface area contributed by atoms with Gasteiger partial charge in [-0.25, -0.2) is 13.4 Å². The molecule has 1 N–H and O–H groups in total. The topological polar surface area (TPSA) is 111 Å². The van der Waals surface area contributed by atoms with Crippen LogP contribution in [0.5, 0.6) is 0 Å². The normalized spacial score (nSPS) is 12.1. The van der Waals surface area contributed by atoms with Gasteiger partial charge in [-0.2, -0.15) is 0 Å². The Morgan fingerprint density at radius 2 is 1.64 bits per heavy atom. The van der Waals surface area contributed by atoms with Crippen molar-refractivity contribution < 1.29 is 12.8 Å². The number of benzene rings is 1. The van der Waals surface area contributed by atoms with Crippen LogP contribution in [0.3, 0.4) is 0 Å². The molecule has 33 heavy (non-hydrogen) atoms. The molecule has 3 aromatic heterocycles. The van der Waals surface area contributed by atoms with Crippen LogP contribution in [0.1, 0.15) is 32.6 Å². The predicted molar refractivity (Wildman–Crippen MR) is 128 cm³/mol. The molecule has 0 spiro atoms. The van der Waals surface area contributed by atoms with Gasteiger partial charge in [-0.3, -0.25) is 4.98 Å². The van der Waals surface area contributed by atoms with E-state index in [2.05, 4.69) is 39.3 Å². The number of nitrogens with one attached hydrogen (secondary N) is 1. The predicted octanol–water partition coefficient (Wildman–Crippen LogP) is 4.60. The van der Waals surface area contributed by atoms with Gasteiger partial charge >= 0.3 is 0 Å². The Morgan fingerprint density at radius 3 is 2.33 bits per heavy atom. The molecule has 4 rings (SSSR count). The van der Waals surface area contributed by atoms with Gasteiger partial charge in [-0.1, -0.05) is 26.0 Å². The van der Waals surface area contributed by atoms with Gasteiger partial charge in [0.1, 0.15) is 5.69 Å². The highest BCUT2D eigenvalue weighted by Gasteiger charge is 2.19. The Labute approximate surface area is 197 Å². The third kappa shape index (κ3) is 5.18. The van der Waals surface area contributed by atoms with E-state index in [1.807, 2.05) is 12.1 Å². The Kier molecular flexibility index (Phi) is 6.68. The lowest BCUT2D eigenvalue weighted by Crippen LogP contribution is -2.21. The minimum Gasteiger partial charge on any atom is -0.414 e. The number of sulfone groups is 1. The standard InChI is InChI=1S/C23H25N5O3S2/c1-14(2)25-11-17-7-10-21(32-17)23-28-27-22(31-23)20-13-24-12-19(26-20)16-5-8-18(9-6-16)33(29,30)15(3)4/h5-10,12-15,25H,11H2,1-4H3. The highest BCUT2D eigenvalue weighted by atomic mass is 32.2. The number of nitrogens with zero attached hydrogens (tertiary/aromatic N) is 4. The number of hydrogen-bond donors (Lipinski definition) is 1. The van der Waals surface area contributed by atoms with Gasteiger partial charge in [0.25, 0.3) is 11.8 Å². The first-order valence-electron chi connectivity index (χ1n) is 10.6. The van der Waals surface area contributed by atoms with Crippen molar-refractivity contribution >= 4 is 21.2 Å². The molecule has 0 saturated carbocycles. The van der Waals surface area contributed by atoms with Crippen molar-refractivity contribution in [3.05, 3.63) is 53.7 Å². The zero-order chi connectivity index (χ0) is 23.6. The first kappa shape index (κ1) is 23.2. The molecule has 0 aliphatic heterocycles. The molecule has 4 aromatic rings. The van der Waals surface area contributed by atoms with Crippen LogP contribution in [0, 0.1) is 0 Å². The molecule has 0 aliphatic rings. The maximum Gasteiger partial charge on any atom is 0.268 e. The molecule has 0 unspecified atom stereocenters. The minimum absolute atomic E-state index is 0.272. The lowest BCUT2D eigenvalue weighted by atomic mass is 10.1. The first-order valence-corrected chi connectivity index (χ1v) is 12.9. The average molecular weight is 484 g/mol. The Balaban J connectivity index is 1.55. The smallest absolute Gasteiger partial charge is 0.268 e. The number of thiophene rings is 1. The molecule has 0 aliphatic carbocycles. The molecular formula is C23H25N5O3S2. The highest BCUT2D eigenvalue weighted by Crippen LogP contribution is 2.30. The molecule has 10 heteroatoms. The van der Waals surface area contributed by atoms with E-state index in [-0.39, 0.29) is 10.8 Å². The Hall–Kier alpha value is -2.95. The van der Waals surface area contributed by atoms with E-state index in [0.717, 1.165) is 17.0 Å². The summed E-state index contributed by atoms with van der Waals surface area (Å²) in [7, 11) is -3.33. The summed E-state index contributed by atoms with van der Waals surface area (Å²) in [4.78, 5) is 11.2. The highest BCUT2D eigenvalue weighted by molar-refractivity contribution is 7.92. The van der Waals surface area contributed by atoms with Crippen molar-refractivity contribution in [2.24, 2.45) is 0 Å². The molecule has 0 saturated heterocycles. The van der Waals surface area contributed by atoms with Gasteiger partial charge in [0.15, 0.2) is 9.84 Å². The van der Waals surface area contributed by atoms with Gasteiger partial charge in [-0.15, -0.1) is 21.5 Å². The van der Waals surface area contributed by atoms with Crippen LogP contribution in [0.2, 0.25) is 0 Å². The van der Waals surface area contributed by atoms with Crippen molar-refractivity contribution in [2.75, 3.05) is 0 Å². The van der Waals surface area contributed by atoms with E-state index in [4.69, 9.17) is 4.42 Å². The van der Waals surface area contributed by atoms with Crippen LogP contribution >= 0.6 is 11.3 Å². The fraction of sp³-hybridized carbons (Fsp3) is 0.304. The summed E-state index contributed by atoms with van der Waals surface area (Å²) in [5.41, 5.74) is 1.77. The molecule has 172 valence electrons. The molecular weight excluding hydrogens is 458 g/mol. The van der Waals surface area contributed by atoms with E-state index in [9.17, 15) is 8.42 Å². The second kappa shape index (κ2) is 9.50. The van der Waals surface area contributed by atoms with E-state index in [1.54, 1.807) is 61.8 Å². The molecule has 0 bridgehead atoms. The lowest BCUT2D eigenvalue weighted by molar-refractivity contribution is 0.583. The molecule has 8 nitrogen and oxygen atoms in total. The van der Waals surface area contributed by atoms with Gasteiger partial charge in [0.05, 0.1) is 33.1 Å². The molecule has 0 radical (unpaired) electrons. The molecule has 0 amide bonds. The zero-order valence-corrected chi connectivity index (χ0v) is 20.4. The quantitative estimate of drug-likeness (QED) is 0.387. The number of hydrogen-bond acceptors (Lipinski definition) is 9. The third-order valence-corrected chi connectivity index (χ3v) is 8.18. The largest absolute Gasteiger partial charge is 0.414 e. The summed E-state index contributed by atoms with van der Waals surface area (Å²) in [6, 6.07) is 11.0. The molecule has 3 heterocycles. The van der Waals surface area contributed by atoms with Crippen LogP contribution in [-0.4, -0.2) is 39.9 Å². The van der Waals surface area contributed by atoms with Crippen LogP contribution in [0.25, 0.3) is 33.6 Å². The van der Waals surface area contributed by atoms with Crippen molar-refractivity contribution in [3.8, 4) is 33.6 Å². The monoisotopic (exact) mass is 483 g/mol. The van der Waals surface area contributed by atoms with E-state index in [1.165, 1.54) is 4.88 Å². The number of aromatic nitrogens is 4. The molecule has 0 fully saturated rings. The summed E-state index contributed by atoms with van der Waals surface area (Å²) in [5, 5.41) is 11.2. The summed E-state index contributed by atoms with van der Waals surface area (Å²) in [6.07, 6.45) is 3.17. The van der Waals surface area contributed by atoms with Crippen LogP contribution < -0.4 is 5.32 Å². The van der Waals surface area contributed by atoms with Crippen molar-refractivity contribution in [1.82, 2.24) is 25.5 Å². The summed E-state index contributed by atoms with van der Waals surface area (Å²) < 4.78 is 30.6. The maximum absolute atomic E-state index is 12.3. The SMILES string of the molecule is CC(C)NCc1ccc(-c2nnc(-c3cncc(-c4ccc(S(=O)(=O)C(C)C)cc4)n3)o2)s1. The first-order chi connectivity index (χ1) is 15.7. The average Bonchev–Trinajstić information content (AvgIpc) is 3.47. The summed E-state index contributed by atoms with van der Waals surface area (Å²) in [5.74, 6) is 0.704. The van der Waals surface area contributed by atoms with Crippen molar-refractivity contribution in [1.29, 1.82) is 0 Å². The van der Waals surface area contributed by atoms with Crippen molar-refractivity contribution in [3.63, 3.8) is 0 Å². The van der Waals surface area contributed by atoms with Gasteiger partial charge in [0, 0.05) is 23.0 Å². The van der Waals surface area contributed by atoms with Crippen LogP contribution in [-0.2, 0) is 16.4 Å². The summed E-state index contributed by atoms with van der Waals surface area (Å²) in [6.45, 7) is 8.33. The van der Waals surface area contributed by atoms with Crippen molar-refractivity contribution in [2.45, 2.75) is 50.4 Å². The fourth-order valence-corrected chi connectivity index (χ4v) is 4.95. The van der Waals surface area contributed by atoms with Crippen LogP contribution in [0.4, 0.5) is 0 Å². The van der Waals surface area contributed by atoms with Gasteiger partial charge in [-0.05, 0) is 38.1 Å². The summed E-state index contributed by atoms with van der Waals surface area (Å²) >= 11 is 1.60. The maximum atomic E-state index is 12.3. The second-order valence-electron chi connectivity index (χ2n) is 8.12. The van der Waals surface area contributed by atoms with Gasteiger partial charge < -0.3 is 9.73 Å². The van der Waals surface area contributed by atoms with E-state index >= 15 is 0 Å². The molecule has 0 atom stereocenters. The fourth-order valence-electron chi connectivity index (χ4n) is 3.01. The van der Waals surface area contributed by atoms with Crippen LogP contribution in [0.15, 0.2) is 58.1 Å².